The lowest BCUT2D eigenvalue weighted by molar-refractivity contribution is -0.345. The molecule has 0 amide bonds. The third-order valence-corrected chi connectivity index (χ3v) is 9.95. The van der Waals surface area contributed by atoms with E-state index >= 15 is 0 Å². The summed E-state index contributed by atoms with van der Waals surface area (Å²) in [5.41, 5.74) is -6.24. The molecule has 3 aliphatic carbocycles. The molecular formula is C29H36O10. The fraction of sp³-hybridized carbons (Fsp3) is 0.621. The Kier molecular flexibility index (Phi) is 6.40. The van der Waals surface area contributed by atoms with E-state index in [9.17, 15) is 34.8 Å². The molecule has 0 unspecified atom stereocenters. The van der Waals surface area contributed by atoms with Gasteiger partial charge in [0.25, 0.3) is 0 Å². The minimum Gasteiger partial charge on any atom is -0.455 e. The van der Waals surface area contributed by atoms with Crippen LogP contribution >= 0.6 is 0 Å². The molecule has 2 bridgehead atoms. The summed E-state index contributed by atoms with van der Waals surface area (Å²) in [6.07, 6.45) is -7.26. The summed E-state index contributed by atoms with van der Waals surface area (Å²) in [6, 6.07) is 8.08. The molecule has 0 aromatic heterocycles. The van der Waals surface area contributed by atoms with Crippen LogP contribution in [-0.2, 0) is 23.8 Å². The summed E-state index contributed by atoms with van der Waals surface area (Å²) >= 11 is 0. The standard InChI is InChI=1S/C29H36O10/c1-14-17(31)12-29(36)24(38-25(35)16-9-7-6-8-10-16)22-27(5,23(34)21(33)20(14)26(29,3)4)18(32)11-19-28(22,13-37-19)39-15(2)30/h6-10,17-19,21-22,24,31-33,36H,11-13H2,1-5H3/t17-,18-,19+,21+,22-,24-,27+,28-,29+/m1/s1. The summed E-state index contributed by atoms with van der Waals surface area (Å²) < 4.78 is 17.7. The van der Waals surface area contributed by atoms with Crippen molar-refractivity contribution in [3.8, 4) is 0 Å². The first-order chi connectivity index (χ1) is 18.1. The first-order valence-electron chi connectivity index (χ1n) is 13.2. The van der Waals surface area contributed by atoms with Crippen LogP contribution < -0.4 is 0 Å². The maximum absolute atomic E-state index is 14.3. The molecule has 10 heteroatoms. The van der Waals surface area contributed by atoms with Gasteiger partial charge in [0.05, 0.1) is 35.7 Å². The van der Waals surface area contributed by atoms with Crippen LogP contribution in [0.5, 0.6) is 0 Å². The summed E-state index contributed by atoms with van der Waals surface area (Å²) in [5.74, 6) is -3.60. The first kappa shape index (κ1) is 27.9. The van der Waals surface area contributed by atoms with Gasteiger partial charge in [-0.25, -0.2) is 4.79 Å². The third-order valence-electron chi connectivity index (χ3n) is 9.95. The van der Waals surface area contributed by atoms with Gasteiger partial charge in [-0.05, 0) is 37.1 Å². The molecule has 4 N–H and O–H groups in total. The highest BCUT2D eigenvalue weighted by molar-refractivity contribution is 5.94. The molecule has 1 aliphatic heterocycles. The second kappa shape index (κ2) is 8.94. The second-order valence-corrected chi connectivity index (χ2v) is 12.2. The van der Waals surface area contributed by atoms with Gasteiger partial charge in [0, 0.05) is 25.2 Å². The van der Waals surface area contributed by atoms with E-state index < -0.39 is 76.2 Å². The Bertz CT molecular complexity index is 1240. The number of rotatable bonds is 3. The van der Waals surface area contributed by atoms with Crippen molar-refractivity contribution in [3.63, 3.8) is 0 Å². The number of ketones is 1. The quantitative estimate of drug-likeness (QED) is 0.320. The SMILES string of the molecule is CC(=O)O[C@]12CO[C@H]1C[C@@H](O)[C@]1(C)C(=O)[C@@H](O)C3=C(C)[C@H](O)C[C@](O)([C@H](OC(=O)c4ccccc4)[C@@H]21)C3(C)C. The van der Waals surface area contributed by atoms with Crippen LogP contribution in [0.1, 0.15) is 57.8 Å². The number of ether oxygens (including phenoxy) is 3. The number of Topliss-reactive ketones (excluding diaryl/α,β-unsaturated/α-hetero) is 1. The van der Waals surface area contributed by atoms with Gasteiger partial charge >= 0.3 is 11.9 Å². The normalized spacial score (nSPS) is 42.7. The van der Waals surface area contributed by atoms with E-state index in [-0.39, 0.29) is 30.6 Å². The Morgan fingerprint density at radius 1 is 1.08 bits per heavy atom. The molecule has 2 saturated carbocycles. The lowest BCUT2D eigenvalue weighted by Gasteiger charge is -2.67. The van der Waals surface area contributed by atoms with Crippen LogP contribution in [0.3, 0.4) is 0 Å². The van der Waals surface area contributed by atoms with Gasteiger partial charge in [-0.3, -0.25) is 9.59 Å². The predicted octanol–water partition coefficient (Wildman–Crippen LogP) is 1.08. The lowest BCUT2D eigenvalue weighted by Crippen LogP contribution is -2.81. The van der Waals surface area contributed by atoms with Crippen LogP contribution in [0.25, 0.3) is 0 Å². The third kappa shape index (κ3) is 3.62. The topological polar surface area (TPSA) is 160 Å². The zero-order chi connectivity index (χ0) is 28.7. The largest absolute Gasteiger partial charge is 0.455 e. The number of benzene rings is 1. The van der Waals surface area contributed by atoms with Crippen LogP contribution in [0.15, 0.2) is 41.5 Å². The average molecular weight is 545 g/mol. The predicted molar refractivity (Wildman–Crippen MR) is 135 cm³/mol. The molecule has 0 spiro atoms. The first-order valence-corrected chi connectivity index (χ1v) is 13.2. The van der Waals surface area contributed by atoms with Crippen molar-refractivity contribution in [2.75, 3.05) is 6.61 Å². The number of aliphatic hydroxyl groups is 4. The van der Waals surface area contributed by atoms with Crippen LogP contribution in [-0.4, -0.2) is 86.5 Å². The minimum atomic E-state index is -2.07. The molecule has 212 valence electrons. The van der Waals surface area contributed by atoms with Gasteiger partial charge in [-0.2, -0.15) is 0 Å². The van der Waals surface area contributed by atoms with Gasteiger partial charge in [0.1, 0.15) is 23.9 Å². The molecule has 1 heterocycles. The molecule has 10 nitrogen and oxygen atoms in total. The molecular weight excluding hydrogens is 508 g/mol. The Balaban J connectivity index is 1.81. The van der Waals surface area contributed by atoms with Crippen LogP contribution in [0, 0.1) is 16.7 Å². The van der Waals surface area contributed by atoms with Crippen molar-refractivity contribution >= 4 is 17.7 Å². The Hall–Kier alpha value is -2.63. The highest BCUT2D eigenvalue weighted by Gasteiger charge is 2.77. The van der Waals surface area contributed by atoms with Gasteiger partial charge in [-0.1, -0.05) is 32.0 Å². The van der Waals surface area contributed by atoms with Gasteiger partial charge in [0.2, 0.25) is 0 Å². The van der Waals surface area contributed by atoms with Crippen molar-refractivity contribution in [1.82, 2.24) is 0 Å². The van der Waals surface area contributed by atoms with Crippen molar-refractivity contribution in [2.45, 2.75) is 89.2 Å². The van der Waals surface area contributed by atoms with Crippen LogP contribution in [0.4, 0.5) is 0 Å². The Labute approximate surface area is 226 Å². The van der Waals surface area contributed by atoms with Crippen molar-refractivity contribution in [2.24, 2.45) is 16.7 Å². The Morgan fingerprint density at radius 2 is 1.72 bits per heavy atom. The number of hydrogen-bond donors (Lipinski definition) is 4. The summed E-state index contributed by atoms with van der Waals surface area (Å²) in [4.78, 5) is 40.3. The number of aliphatic hydroxyl groups excluding tert-OH is 3. The monoisotopic (exact) mass is 544 g/mol. The zero-order valence-corrected chi connectivity index (χ0v) is 22.7. The molecule has 3 fully saturated rings. The molecule has 1 aromatic rings. The number of fused-ring (bicyclic) bond motifs is 5. The Morgan fingerprint density at radius 3 is 2.28 bits per heavy atom. The van der Waals surface area contributed by atoms with E-state index in [1.165, 1.54) is 26.0 Å². The van der Waals surface area contributed by atoms with Crippen molar-refractivity contribution in [1.29, 1.82) is 0 Å². The molecule has 39 heavy (non-hydrogen) atoms. The maximum atomic E-state index is 14.3. The van der Waals surface area contributed by atoms with E-state index in [4.69, 9.17) is 14.2 Å². The highest BCUT2D eigenvalue weighted by Crippen LogP contribution is 2.63. The number of carbonyl (C=O) groups excluding carboxylic acids is 3. The molecule has 9 atom stereocenters. The van der Waals surface area contributed by atoms with Crippen LogP contribution in [0.2, 0.25) is 0 Å². The zero-order valence-electron chi connectivity index (χ0n) is 22.7. The van der Waals surface area contributed by atoms with E-state index in [0.29, 0.717) is 5.57 Å². The van der Waals surface area contributed by atoms with Crippen molar-refractivity contribution in [3.05, 3.63) is 47.0 Å². The lowest BCUT2D eigenvalue weighted by atomic mass is 9.44. The number of esters is 2. The van der Waals surface area contributed by atoms with Gasteiger partial charge < -0.3 is 34.6 Å². The summed E-state index contributed by atoms with van der Waals surface area (Å²) in [5, 5.41) is 46.7. The molecule has 0 radical (unpaired) electrons. The fourth-order valence-corrected chi connectivity index (χ4v) is 7.66. The summed E-state index contributed by atoms with van der Waals surface area (Å²) in [6.45, 7) is 7.29. The van der Waals surface area contributed by atoms with E-state index in [0.717, 1.165) is 0 Å². The second-order valence-electron chi connectivity index (χ2n) is 12.2. The van der Waals surface area contributed by atoms with Crippen molar-refractivity contribution < 1.29 is 49.0 Å². The smallest absolute Gasteiger partial charge is 0.338 e. The van der Waals surface area contributed by atoms with E-state index in [1.807, 2.05) is 0 Å². The highest BCUT2D eigenvalue weighted by atomic mass is 16.6. The molecule has 1 saturated heterocycles. The number of carbonyl (C=O) groups is 3. The number of hydrogen-bond acceptors (Lipinski definition) is 10. The average Bonchev–Trinajstić information content (AvgIpc) is 2.87. The minimum absolute atomic E-state index is 0.0828. The van der Waals surface area contributed by atoms with Gasteiger partial charge in [-0.15, -0.1) is 0 Å². The van der Waals surface area contributed by atoms with E-state index in [2.05, 4.69) is 0 Å². The molecule has 1 aromatic carbocycles. The molecule has 5 rings (SSSR count). The molecule has 4 aliphatic rings. The summed E-state index contributed by atoms with van der Waals surface area (Å²) in [7, 11) is 0. The maximum Gasteiger partial charge on any atom is 0.338 e. The van der Waals surface area contributed by atoms with E-state index in [1.54, 1.807) is 39.0 Å². The fourth-order valence-electron chi connectivity index (χ4n) is 7.66. The van der Waals surface area contributed by atoms with Gasteiger partial charge in [0.15, 0.2) is 11.4 Å².